The van der Waals surface area contributed by atoms with Gasteiger partial charge in [-0.25, -0.2) is 13.6 Å². The molecule has 0 aromatic heterocycles. The van der Waals surface area contributed by atoms with Crippen LogP contribution in [0.3, 0.4) is 0 Å². The van der Waals surface area contributed by atoms with Gasteiger partial charge in [0.2, 0.25) is 5.79 Å². The zero-order valence-corrected chi connectivity index (χ0v) is 14.1. The highest BCUT2D eigenvalue weighted by Gasteiger charge is 2.60. The van der Waals surface area contributed by atoms with Crippen LogP contribution in [-0.2, 0) is 13.6 Å². The van der Waals surface area contributed by atoms with Crippen LogP contribution in [0, 0.1) is 0 Å². The van der Waals surface area contributed by atoms with Crippen LogP contribution in [0.1, 0.15) is 22.6 Å². The van der Waals surface area contributed by atoms with Crippen LogP contribution in [-0.4, -0.2) is 10.7 Å². The summed E-state index contributed by atoms with van der Waals surface area (Å²) in [7, 11) is -3.98. The Morgan fingerprint density at radius 1 is 0.880 bits per heavy atom. The van der Waals surface area contributed by atoms with Gasteiger partial charge in [0.1, 0.15) is 0 Å². The fourth-order valence-corrected chi connectivity index (χ4v) is 4.93. The summed E-state index contributed by atoms with van der Waals surface area (Å²) in [5.41, 5.74) is 3.08. The molecule has 1 aliphatic carbocycles. The lowest BCUT2D eigenvalue weighted by molar-refractivity contribution is -0.190. The summed E-state index contributed by atoms with van der Waals surface area (Å²) >= 11 is 0. The second kappa shape index (κ2) is 5.13. The largest absolute Gasteiger partial charge is 0.477 e. The number of phosphoric ester groups is 1. The van der Waals surface area contributed by atoms with Crippen molar-refractivity contribution in [3.8, 4) is 0 Å². The van der Waals surface area contributed by atoms with Crippen LogP contribution >= 0.6 is 7.82 Å². The molecule has 0 saturated carbocycles. The first-order chi connectivity index (χ1) is 12.1. The normalized spacial score (nSPS) is 30.2. The number of rotatable bonds is 1. The lowest BCUT2D eigenvalue weighted by Gasteiger charge is -2.48. The highest BCUT2D eigenvalue weighted by atomic mass is 31.2. The summed E-state index contributed by atoms with van der Waals surface area (Å²) in [4.78, 5) is 9.63. The van der Waals surface area contributed by atoms with E-state index >= 15 is 0 Å². The van der Waals surface area contributed by atoms with Gasteiger partial charge in [0.05, 0.1) is 5.92 Å². The third kappa shape index (κ3) is 2.23. The molecule has 4 nitrogen and oxygen atoms in total. The average molecular weight is 350 g/mol. The molecule has 3 aromatic carbocycles. The van der Waals surface area contributed by atoms with Crippen molar-refractivity contribution in [3.63, 3.8) is 0 Å². The standard InChI is InChI=1S/C20H15O4P/c21-25(22)23-20(24-25)13-12-15-7-2-4-10-17(15)19(20)18-11-5-8-14-6-1-3-9-16(14)18/h1-13,19H,(H,21,22). The quantitative estimate of drug-likeness (QED) is 0.638. The van der Waals surface area contributed by atoms with Crippen LogP contribution in [0.15, 0.2) is 72.8 Å². The smallest absolute Gasteiger partial charge is 0.302 e. The van der Waals surface area contributed by atoms with Crippen LogP contribution in [0.5, 0.6) is 0 Å². The van der Waals surface area contributed by atoms with Crippen molar-refractivity contribution in [2.45, 2.75) is 11.7 Å². The Labute approximate surface area is 144 Å². The fourth-order valence-electron chi connectivity index (χ4n) is 3.86. The monoisotopic (exact) mass is 350 g/mol. The van der Waals surface area contributed by atoms with E-state index < -0.39 is 13.6 Å². The summed E-state index contributed by atoms with van der Waals surface area (Å²) in [6.45, 7) is 0. The lowest BCUT2D eigenvalue weighted by atomic mass is 9.77. The zero-order valence-electron chi connectivity index (χ0n) is 13.2. The van der Waals surface area contributed by atoms with Crippen molar-refractivity contribution in [2.24, 2.45) is 0 Å². The van der Waals surface area contributed by atoms with Gasteiger partial charge >= 0.3 is 7.82 Å². The van der Waals surface area contributed by atoms with E-state index in [-0.39, 0.29) is 5.92 Å². The van der Waals surface area contributed by atoms with Gasteiger partial charge in [-0.05, 0) is 33.5 Å². The maximum absolute atomic E-state index is 11.8. The Morgan fingerprint density at radius 2 is 1.56 bits per heavy atom. The van der Waals surface area contributed by atoms with Gasteiger partial charge in [0.25, 0.3) is 0 Å². The van der Waals surface area contributed by atoms with E-state index in [2.05, 4.69) is 18.2 Å². The Hall–Kier alpha value is -2.23. The van der Waals surface area contributed by atoms with Gasteiger partial charge in [-0.1, -0.05) is 72.8 Å². The van der Waals surface area contributed by atoms with Crippen molar-refractivity contribution >= 4 is 24.7 Å². The molecule has 0 bridgehead atoms. The molecule has 3 aromatic rings. The minimum atomic E-state index is -3.98. The van der Waals surface area contributed by atoms with E-state index in [1.807, 2.05) is 54.6 Å². The Balaban J connectivity index is 1.78. The maximum Gasteiger partial charge on any atom is 0.477 e. The molecular formula is C20H15O4P. The lowest BCUT2D eigenvalue weighted by Crippen LogP contribution is -2.48. The van der Waals surface area contributed by atoms with Crippen LogP contribution < -0.4 is 0 Å². The highest BCUT2D eigenvalue weighted by molar-refractivity contribution is 7.48. The molecule has 1 unspecified atom stereocenters. The third-order valence-corrected chi connectivity index (χ3v) is 5.89. The second-order valence-electron chi connectivity index (χ2n) is 6.34. The third-order valence-electron chi connectivity index (χ3n) is 4.86. The van der Waals surface area contributed by atoms with Crippen molar-refractivity contribution in [1.29, 1.82) is 0 Å². The van der Waals surface area contributed by atoms with E-state index in [4.69, 9.17) is 9.05 Å². The van der Waals surface area contributed by atoms with Crippen molar-refractivity contribution in [3.05, 3.63) is 89.5 Å². The fraction of sp³-hybridized carbons (Fsp3) is 0.100. The summed E-state index contributed by atoms with van der Waals surface area (Å²) in [5, 5.41) is 2.18. The van der Waals surface area contributed by atoms with E-state index in [1.165, 1.54) is 0 Å². The minimum Gasteiger partial charge on any atom is -0.302 e. The Kier molecular flexibility index (Phi) is 3.09. The molecule has 124 valence electrons. The second-order valence-corrected chi connectivity index (χ2v) is 7.64. The first-order valence-electron chi connectivity index (χ1n) is 8.08. The molecule has 0 amide bonds. The number of hydrogen-bond donors (Lipinski definition) is 1. The summed E-state index contributed by atoms with van der Waals surface area (Å²) in [6.07, 6.45) is 3.63. The Bertz CT molecular complexity index is 1060. The highest BCUT2D eigenvalue weighted by Crippen LogP contribution is 2.68. The van der Waals surface area contributed by atoms with Crippen LogP contribution in [0.4, 0.5) is 0 Å². The first-order valence-corrected chi connectivity index (χ1v) is 9.58. The molecule has 1 heterocycles. The topological polar surface area (TPSA) is 55.8 Å². The van der Waals surface area contributed by atoms with Gasteiger partial charge in [0.15, 0.2) is 0 Å². The van der Waals surface area contributed by atoms with Crippen molar-refractivity contribution in [1.82, 2.24) is 0 Å². The van der Waals surface area contributed by atoms with Gasteiger partial charge in [-0.3, -0.25) is 0 Å². The molecule has 25 heavy (non-hydrogen) atoms. The molecule has 1 spiro atoms. The van der Waals surface area contributed by atoms with Gasteiger partial charge in [-0.15, -0.1) is 0 Å². The molecule has 1 saturated heterocycles. The van der Waals surface area contributed by atoms with E-state index in [1.54, 1.807) is 6.08 Å². The molecule has 1 fully saturated rings. The first kappa shape index (κ1) is 15.1. The van der Waals surface area contributed by atoms with E-state index in [0.29, 0.717) is 0 Å². The zero-order chi connectivity index (χ0) is 17.1. The number of phosphoric acid groups is 1. The minimum absolute atomic E-state index is 0.325. The van der Waals surface area contributed by atoms with E-state index in [9.17, 15) is 9.46 Å². The summed E-state index contributed by atoms with van der Waals surface area (Å²) in [6, 6.07) is 22.1. The SMILES string of the molecule is O=P1(O)OC2(C=Cc3ccccc3C2c2cccc3ccccc23)O1. The molecule has 5 rings (SSSR count). The average Bonchev–Trinajstić information content (AvgIpc) is 2.60. The van der Waals surface area contributed by atoms with Crippen LogP contribution in [0.2, 0.25) is 0 Å². The molecule has 5 heteroatoms. The molecule has 0 radical (unpaired) electrons. The maximum atomic E-state index is 11.8. The summed E-state index contributed by atoms with van der Waals surface area (Å²) in [5.74, 6) is -1.57. The number of benzene rings is 3. The van der Waals surface area contributed by atoms with Crippen molar-refractivity contribution < 1.29 is 18.5 Å². The van der Waals surface area contributed by atoms with Gasteiger partial charge in [0, 0.05) is 0 Å². The molecule has 2 aliphatic rings. The van der Waals surface area contributed by atoms with Crippen LogP contribution in [0.25, 0.3) is 16.8 Å². The van der Waals surface area contributed by atoms with Crippen molar-refractivity contribution in [2.75, 3.05) is 0 Å². The molecule has 1 atom stereocenters. The number of fused-ring (bicyclic) bond motifs is 2. The molecule has 1 aliphatic heterocycles. The Morgan fingerprint density at radius 3 is 2.40 bits per heavy atom. The molecule has 1 N–H and O–H groups in total. The number of hydrogen-bond acceptors (Lipinski definition) is 3. The summed E-state index contributed by atoms with van der Waals surface area (Å²) < 4.78 is 22.6. The predicted molar refractivity (Wildman–Crippen MR) is 96.0 cm³/mol. The predicted octanol–water partition coefficient (Wildman–Crippen LogP) is 4.84. The van der Waals surface area contributed by atoms with Gasteiger partial charge < -0.3 is 4.89 Å². The molecular weight excluding hydrogens is 335 g/mol. The van der Waals surface area contributed by atoms with Gasteiger partial charge in [-0.2, -0.15) is 0 Å². The van der Waals surface area contributed by atoms with E-state index in [0.717, 1.165) is 27.5 Å².